The van der Waals surface area contributed by atoms with Crippen molar-refractivity contribution in [3.05, 3.63) is 35.8 Å². The topological polar surface area (TPSA) is 42.2 Å². The number of rotatable bonds is 3. The standard InChI is InChI=1S/C13H12FNO2/c14-10-3-1-2-9-6-11(13(16)17)15(12(9)10)7-8-4-5-8/h1-3,6,8H,4-5,7H2,(H,16,17). The molecule has 1 aliphatic carbocycles. The first kappa shape index (κ1) is 10.3. The van der Waals surface area contributed by atoms with Gasteiger partial charge < -0.3 is 9.67 Å². The van der Waals surface area contributed by atoms with Crippen LogP contribution in [-0.4, -0.2) is 15.6 Å². The number of hydrogen-bond donors (Lipinski definition) is 1. The van der Waals surface area contributed by atoms with Crippen molar-refractivity contribution in [3.8, 4) is 0 Å². The molecule has 1 fully saturated rings. The van der Waals surface area contributed by atoms with Crippen molar-refractivity contribution in [2.45, 2.75) is 19.4 Å². The Hall–Kier alpha value is -1.84. The molecular formula is C13H12FNO2. The van der Waals surface area contributed by atoms with E-state index in [1.165, 1.54) is 6.07 Å². The summed E-state index contributed by atoms with van der Waals surface area (Å²) in [5.74, 6) is -0.847. The van der Waals surface area contributed by atoms with E-state index in [-0.39, 0.29) is 11.5 Å². The highest BCUT2D eigenvalue weighted by Gasteiger charge is 2.26. The van der Waals surface area contributed by atoms with Crippen LogP contribution >= 0.6 is 0 Å². The second-order valence-electron chi connectivity index (χ2n) is 4.57. The molecule has 17 heavy (non-hydrogen) atoms. The van der Waals surface area contributed by atoms with Crippen LogP contribution in [0.25, 0.3) is 10.9 Å². The maximum absolute atomic E-state index is 13.8. The van der Waals surface area contributed by atoms with E-state index in [0.717, 1.165) is 12.8 Å². The Kier molecular flexibility index (Phi) is 2.18. The smallest absolute Gasteiger partial charge is 0.352 e. The Labute approximate surface area is 97.5 Å². The van der Waals surface area contributed by atoms with Crippen LogP contribution in [0.15, 0.2) is 24.3 Å². The van der Waals surface area contributed by atoms with Crippen molar-refractivity contribution in [2.75, 3.05) is 0 Å². The number of nitrogens with zero attached hydrogens (tertiary/aromatic N) is 1. The predicted molar refractivity (Wildman–Crippen MR) is 61.6 cm³/mol. The minimum absolute atomic E-state index is 0.178. The first-order valence-corrected chi connectivity index (χ1v) is 5.68. The van der Waals surface area contributed by atoms with E-state index in [2.05, 4.69) is 0 Å². The third-order valence-electron chi connectivity index (χ3n) is 3.23. The maximum Gasteiger partial charge on any atom is 0.352 e. The summed E-state index contributed by atoms with van der Waals surface area (Å²) in [5, 5.41) is 9.80. The molecule has 1 saturated carbocycles. The Balaban J connectivity index is 2.24. The van der Waals surface area contributed by atoms with Crippen molar-refractivity contribution >= 4 is 16.9 Å². The number of hydrogen-bond acceptors (Lipinski definition) is 1. The average molecular weight is 233 g/mol. The fraction of sp³-hybridized carbons (Fsp3) is 0.308. The highest BCUT2D eigenvalue weighted by molar-refractivity contribution is 5.94. The van der Waals surface area contributed by atoms with Crippen LogP contribution in [0.1, 0.15) is 23.3 Å². The van der Waals surface area contributed by atoms with Crippen LogP contribution < -0.4 is 0 Å². The molecule has 4 heteroatoms. The van der Waals surface area contributed by atoms with E-state index >= 15 is 0 Å². The van der Waals surface area contributed by atoms with E-state index in [0.29, 0.717) is 23.4 Å². The summed E-state index contributed by atoms with van der Waals surface area (Å²) in [7, 11) is 0. The minimum Gasteiger partial charge on any atom is -0.477 e. The van der Waals surface area contributed by atoms with Gasteiger partial charge in [0.1, 0.15) is 11.5 Å². The summed E-state index contributed by atoms with van der Waals surface area (Å²) in [6.07, 6.45) is 2.21. The second-order valence-corrected chi connectivity index (χ2v) is 4.57. The molecule has 0 atom stereocenters. The van der Waals surface area contributed by atoms with Crippen molar-refractivity contribution in [1.82, 2.24) is 4.57 Å². The predicted octanol–water partition coefficient (Wildman–Crippen LogP) is 2.89. The normalized spacial score (nSPS) is 15.4. The SMILES string of the molecule is O=C(O)c1cc2cccc(F)c2n1CC1CC1. The molecule has 88 valence electrons. The zero-order chi connectivity index (χ0) is 12.0. The molecule has 0 radical (unpaired) electrons. The second kappa shape index (κ2) is 3.58. The molecule has 0 saturated heterocycles. The van der Waals surface area contributed by atoms with Crippen LogP contribution in [-0.2, 0) is 6.54 Å². The van der Waals surface area contributed by atoms with Crippen LogP contribution in [0.4, 0.5) is 4.39 Å². The number of aromatic carboxylic acids is 1. The van der Waals surface area contributed by atoms with Crippen LogP contribution in [0.3, 0.4) is 0 Å². The lowest BCUT2D eigenvalue weighted by Gasteiger charge is -2.07. The van der Waals surface area contributed by atoms with Gasteiger partial charge in [-0.05, 0) is 30.9 Å². The Morgan fingerprint density at radius 3 is 2.88 bits per heavy atom. The quantitative estimate of drug-likeness (QED) is 0.885. The van der Waals surface area contributed by atoms with Crippen molar-refractivity contribution in [2.24, 2.45) is 5.92 Å². The lowest BCUT2D eigenvalue weighted by Crippen LogP contribution is -2.10. The molecule has 3 nitrogen and oxygen atoms in total. The van der Waals surface area contributed by atoms with Gasteiger partial charge in [-0.3, -0.25) is 0 Å². The number of carbonyl (C=O) groups is 1. The van der Waals surface area contributed by atoms with Gasteiger partial charge in [0.2, 0.25) is 0 Å². The number of carboxylic acids is 1. The van der Waals surface area contributed by atoms with E-state index < -0.39 is 5.97 Å². The fourth-order valence-corrected chi connectivity index (χ4v) is 2.20. The number of halogens is 1. The molecule has 1 heterocycles. The molecule has 0 unspecified atom stereocenters. The number of benzene rings is 1. The van der Waals surface area contributed by atoms with E-state index in [4.69, 9.17) is 5.11 Å². The Morgan fingerprint density at radius 2 is 2.24 bits per heavy atom. The first-order chi connectivity index (χ1) is 8.16. The summed E-state index contributed by atoms with van der Waals surface area (Å²) in [6.45, 7) is 0.603. The lowest BCUT2D eigenvalue weighted by molar-refractivity contribution is 0.0685. The van der Waals surface area contributed by atoms with Gasteiger partial charge in [-0.25, -0.2) is 9.18 Å². The first-order valence-electron chi connectivity index (χ1n) is 5.68. The zero-order valence-electron chi connectivity index (χ0n) is 9.19. The van der Waals surface area contributed by atoms with E-state index in [1.807, 2.05) is 0 Å². The van der Waals surface area contributed by atoms with Gasteiger partial charge >= 0.3 is 5.97 Å². The Morgan fingerprint density at radius 1 is 1.47 bits per heavy atom. The highest BCUT2D eigenvalue weighted by Crippen LogP contribution is 2.33. The largest absolute Gasteiger partial charge is 0.477 e. The van der Waals surface area contributed by atoms with Gasteiger partial charge in [-0.2, -0.15) is 0 Å². The zero-order valence-corrected chi connectivity index (χ0v) is 9.19. The summed E-state index contributed by atoms with van der Waals surface area (Å²) in [5.41, 5.74) is 0.591. The molecule has 1 N–H and O–H groups in total. The Bertz CT molecular complexity index is 599. The highest BCUT2D eigenvalue weighted by atomic mass is 19.1. The molecular weight excluding hydrogens is 221 g/mol. The van der Waals surface area contributed by atoms with Gasteiger partial charge in [0.25, 0.3) is 0 Å². The number of fused-ring (bicyclic) bond motifs is 1. The van der Waals surface area contributed by atoms with Crippen LogP contribution in [0.5, 0.6) is 0 Å². The molecule has 1 aromatic carbocycles. The summed E-state index contributed by atoms with van der Waals surface area (Å²) in [6, 6.07) is 6.26. The van der Waals surface area contributed by atoms with Gasteiger partial charge in [-0.15, -0.1) is 0 Å². The van der Waals surface area contributed by atoms with Crippen LogP contribution in [0, 0.1) is 11.7 Å². The molecule has 2 aromatic rings. The van der Waals surface area contributed by atoms with E-state index in [9.17, 15) is 9.18 Å². The summed E-state index contributed by atoms with van der Waals surface area (Å²) in [4.78, 5) is 11.2. The molecule has 0 bridgehead atoms. The molecule has 0 amide bonds. The minimum atomic E-state index is -0.999. The van der Waals surface area contributed by atoms with Crippen molar-refractivity contribution in [3.63, 3.8) is 0 Å². The van der Waals surface area contributed by atoms with Gasteiger partial charge in [-0.1, -0.05) is 12.1 Å². The molecule has 3 rings (SSSR count). The van der Waals surface area contributed by atoms with Gasteiger partial charge in [0.15, 0.2) is 0 Å². The fourth-order valence-electron chi connectivity index (χ4n) is 2.20. The maximum atomic E-state index is 13.8. The van der Waals surface area contributed by atoms with Gasteiger partial charge in [0, 0.05) is 11.9 Å². The third-order valence-corrected chi connectivity index (χ3v) is 3.23. The van der Waals surface area contributed by atoms with Crippen molar-refractivity contribution in [1.29, 1.82) is 0 Å². The number of carboxylic acid groups (broad SMARTS) is 1. The summed E-state index contributed by atoms with van der Waals surface area (Å²) >= 11 is 0. The van der Waals surface area contributed by atoms with Crippen molar-refractivity contribution < 1.29 is 14.3 Å². The number of para-hydroxylation sites is 1. The molecule has 1 aliphatic rings. The molecule has 1 aromatic heterocycles. The van der Waals surface area contributed by atoms with Crippen LogP contribution in [0.2, 0.25) is 0 Å². The molecule has 0 spiro atoms. The molecule has 0 aliphatic heterocycles. The monoisotopic (exact) mass is 233 g/mol. The third kappa shape index (κ3) is 1.69. The summed E-state index contributed by atoms with van der Waals surface area (Å²) < 4.78 is 15.4. The average Bonchev–Trinajstić information content (AvgIpc) is 2.99. The van der Waals surface area contributed by atoms with E-state index in [1.54, 1.807) is 22.8 Å². The van der Waals surface area contributed by atoms with Gasteiger partial charge in [0.05, 0.1) is 5.52 Å². The number of aromatic nitrogens is 1. The lowest BCUT2D eigenvalue weighted by atomic mass is 10.2.